The molecule has 1 heterocycles. The molecule has 0 bridgehead atoms. The maximum Gasteiger partial charge on any atom is 0.284 e. The third-order valence-corrected chi connectivity index (χ3v) is 3.85. The van der Waals surface area contributed by atoms with Crippen LogP contribution in [0.25, 0.3) is 0 Å². The maximum absolute atomic E-state index is 12.1. The topological polar surface area (TPSA) is 43.6 Å². The van der Waals surface area contributed by atoms with Gasteiger partial charge in [-0.2, -0.15) is 8.78 Å². The highest BCUT2D eigenvalue weighted by Crippen LogP contribution is 2.27. The van der Waals surface area contributed by atoms with Gasteiger partial charge in [-0.3, -0.25) is 0 Å². The van der Waals surface area contributed by atoms with E-state index in [0.717, 1.165) is 11.3 Å². The minimum Gasteiger partial charge on any atom is -0.493 e. The predicted octanol–water partition coefficient (Wildman–Crippen LogP) is 4.04. The van der Waals surface area contributed by atoms with E-state index in [1.807, 2.05) is 18.2 Å². The molecule has 1 aromatic heterocycles. The van der Waals surface area contributed by atoms with Gasteiger partial charge in [0.1, 0.15) is 11.5 Å². The summed E-state index contributed by atoms with van der Waals surface area (Å²) in [6.07, 6.45) is 0. The van der Waals surface area contributed by atoms with Gasteiger partial charge < -0.3 is 19.2 Å². The summed E-state index contributed by atoms with van der Waals surface area (Å²) in [7, 11) is 3.19. The normalized spacial score (nSPS) is 11.0. The molecule has 4 nitrogen and oxygen atoms in total. The van der Waals surface area contributed by atoms with E-state index < -0.39 is 5.76 Å². The van der Waals surface area contributed by atoms with Crippen LogP contribution in [0, 0.1) is 0 Å². The lowest BCUT2D eigenvalue weighted by Gasteiger charge is -2.10. The molecular weight excluding hydrogens is 324 g/mol. The average molecular weight is 343 g/mol. The first-order valence-electron chi connectivity index (χ1n) is 7.01. The first-order valence-corrected chi connectivity index (χ1v) is 8.06. The highest BCUT2D eigenvalue weighted by Gasteiger charge is 2.08. The lowest BCUT2D eigenvalue weighted by atomic mass is 10.2. The van der Waals surface area contributed by atoms with Crippen molar-refractivity contribution in [1.29, 1.82) is 0 Å². The number of benzene rings is 1. The number of ether oxygens (including phenoxy) is 2. The van der Waals surface area contributed by atoms with Gasteiger partial charge in [-0.25, -0.2) is 0 Å². The smallest absolute Gasteiger partial charge is 0.284 e. The fraction of sp³-hybridized carbons (Fsp3) is 0.375. The van der Waals surface area contributed by atoms with E-state index >= 15 is 0 Å². The van der Waals surface area contributed by atoms with Gasteiger partial charge in [0.05, 0.1) is 26.5 Å². The number of hydrogen-bond acceptors (Lipinski definition) is 5. The van der Waals surface area contributed by atoms with Crippen molar-refractivity contribution in [2.45, 2.75) is 24.6 Å². The Morgan fingerprint density at radius 1 is 1.04 bits per heavy atom. The number of furan rings is 1. The summed E-state index contributed by atoms with van der Waals surface area (Å²) in [6, 6.07) is 9.22. The van der Waals surface area contributed by atoms with E-state index in [4.69, 9.17) is 13.9 Å². The molecule has 0 aliphatic carbocycles. The van der Waals surface area contributed by atoms with Crippen LogP contribution in [-0.4, -0.2) is 20.0 Å². The van der Waals surface area contributed by atoms with Crippen LogP contribution in [0.5, 0.6) is 11.5 Å². The molecule has 1 N–H and O–H groups in total. The van der Waals surface area contributed by atoms with Crippen LogP contribution in [0.1, 0.15) is 17.1 Å². The molecule has 0 amide bonds. The Hall–Kier alpha value is -1.73. The molecule has 1 aromatic carbocycles. The first-order chi connectivity index (χ1) is 11.1. The molecule has 126 valence electrons. The maximum atomic E-state index is 12.1. The van der Waals surface area contributed by atoms with Gasteiger partial charge in [0.2, 0.25) is 0 Å². The van der Waals surface area contributed by atoms with Crippen LogP contribution in [-0.2, 0) is 18.8 Å². The van der Waals surface area contributed by atoms with Gasteiger partial charge >= 0.3 is 0 Å². The number of nitrogens with one attached hydrogen (secondary N) is 1. The number of methoxy groups -OCH3 is 2. The van der Waals surface area contributed by atoms with Crippen LogP contribution < -0.4 is 14.8 Å². The van der Waals surface area contributed by atoms with Crippen LogP contribution in [0.2, 0.25) is 0 Å². The van der Waals surface area contributed by atoms with E-state index in [2.05, 4.69) is 5.32 Å². The quantitative estimate of drug-likeness (QED) is 0.744. The fourth-order valence-corrected chi connectivity index (χ4v) is 2.51. The molecule has 0 saturated heterocycles. The Morgan fingerprint density at radius 2 is 1.78 bits per heavy atom. The van der Waals surface area contributed by atoms with Crippen molar-refractivity contribution in [1.82, 2.24) is 5.32 Å². The van der Waals surface area contributed by atoms with E-state index in [1.54, 1.807) is 26.4 Å². The number of alkyl halides is 2. The van der Waals surface area contributed by atoms with Crippen molar-refractivity contribution in [2.75, 3.05) is 14.2 Å². The van der Waals surface area contributed by atoms with Crippen LogP contribution in [0.4, 0.5) is 8.78 Å². The number of rotatable bonds is 9. The summed E-state index contributed by atoms with van der Waals surface area (Å²) in [4.78, 5) is 0. The van der Waals surface area contributed by atoms with Crippen LogP contribution in [0.15, 0.2) is 34.7 Å². The monoisotopic (exact) mass is 343 g/mol. The van der Waals surface area contributed by atoms with Gasteiger partial charge in [-0.1, -0.05) is 17.8 Å². The van der Waals surface area contributed by atoms with Crippen LogP contribution in [0.3, 0.4) is 0 Å². The second kappa shape index (κ2) is 8.79. The Balaban J connectivity index is 1.83. The molecule has 0 radical (unpaired) electrons. The molecule has 0 aliphatic heterocycles. The lowest BCUT2D eigenvalue weighted by Crippen LogP contribution is -2.12. The van der Waals surface area contributed by atoms with Gasteiger partial charge in [-0.15, -0.1) is 0 Å². The number of hydrogen-bond donors (Lipinski definition) is 1. The van der Waals surface area contributed by atoms with Gasteiger partial charge in [0.25, 0.3) is 5.76 Å². The molecular formula is C16H19F2NO3S. The van der Waals surface area contributed by atoms with Crippen molar-refractivity contribution < 1.29 is 22.7 Å². The summed E-state index contributed by atoms with van der Waals surface area (Å²) in [5.74, 6) is 0.424. The summed E-state index contributed by atoms with van der Waals surface area (Å²) in [5.41, 5.74) is 1.04. The molecule has 0 unspecified atom stereocenters. The largest absolute Gasteiger partial charge is 0.493 e. The van der Waals surface area contributed by atoms with E-state index in [0.29, 0.717) is 42.1 Å². The van der Waals surface area contributed by atoms with Gasteiger partial charge in [0.15, 0.2) is 11.5 Å². The zero-order valence-electron chi connectivity index (χ0n) is 13.0. The molecule has 0 spiro atoms. The number of halogens is 2. The first kappa shape index (κ1) is 17.6. The Morgan fingerprint density at radius 3 is 2.48 bits per heavy atom. The molecule has 0 aliphatic rings. The van der Waals surface area contributed by atoms with E-state index in [1.165, 1.54) is 0 Å². The lowest BCUT2D eigenvalue weighted by molar-refractivity contribution is 0.251. The SMILES string of the molecule is COc1ccc(CNCc2ccc(CSC(F)F)o2)cc1OC. The highest BCUT2D eigenvalue weighted by molar-refractivity contribution is 7.98. The minimum atomic E-state index is -2.38. The van der Waals surface area contributed by atoms with E-state index in [9.17, 15) is 8.78 Å². The predicted molar refractivity (Wildman–Crippen MR) is 86.1 cm³/mol. The second-order valence-corrected chi connectivity index (χ2v) is 5.71. The molecule has 0 saturated carbocycles. The van der Waals surface area contributed by atoms with Crippen LogP contribution >= 0.6 is 11.8 Å². The minimum absolute atomic E-state index is 0.174. The highest BCUT2D eigenvalue weighted by atomic mass is 32.2. The molecule has 23 heavy (non-hydrogen) atoms. The molecule has 0 atom stereocenters. The summed E-state index contributed by atoms with van der Waals surface area (Å²) in [5, 5.41) is 3.24. The molecule has 7 heteroatoms. The van der Waals surface area contributed by atoms with Crippen molar-refractivity contribution in [3.05, 3.63) is 47.4 Å². The molecule has 2 aromatic rings. The zero-order chi connectivity index (χ0) is 16.7. The average Bonchev–Trinajstić information content (AvgIpc) is 3.00. The van der Waals surface area contributed by atoms with E-state index in [-0.39, 0.29) is 5.75 Å². The standard InChI is InChI=1S/C16H19F2NO3S/c1-20-14-6-3-11(7-15(14)21-2)8-19-9-12-4-5-13(22-12)10-23-16(17)18/h3-7,16,19H,8-10H2,1-2H3. The van der Waals surface area contributed by atoms with Crippen molar-refractivity contribution in [3.8, 4) is 11.5 Å². The molecule has 2 rings (SSSR count). The Bertz CT molecular complexity index is 619. The summed E-state index contributed by atoms with van der Waals surface area (Å²) < 4.78 is 40.2. The second-order valence-electron chi connectivity index (χ2n) is 4.73. The Labute approximate surface area is 138 Å². The zero-order valence-corrected chi connectivity index (χ0v) is 13.8. The van der Waals surface area contributed by atoms with Crippen molar-refractivity contribution in [2.24, 2.45) is 0 Å². The third kappa shape index (κ3) is 5.44. The summed E-state index contributed by atoms with van der Waals surface area (Å²) >= 11 is 0.553. The molecule has 0 fully saturated rings. The van der Waals surface area contributed by atoms with Gasteiger partial charge in [0, 0.05) is 6.54 Å². The van der Waals surface area contributed by atoms with Crippen molar-refractivity contribution in [3.63, 3.8) is 0 Å². The summed E-state index contributed by atoms with van der Waals surface area (Å²) in [6.45, 7) is 1.15. The van der Waals surface area contributed by atoms with Crippen molar-refractivity contribution >= 4 is 11.8 Å². The Kier molecular flexibility index (Phi) is 6.73. The third-order valence-electron chi connectivity index (χ3n) is 3.15. The number of thioether (sulfide) groups is 1. The fourth-order valence-electron chi connectivity index (χ4n) is 2.06. The van der Waals surface area contributed by atoms with Gasteiger partial charge in [-0.05, 0) is 29.8 Å².